The van der Waals surface area contributed by atoms with Gasteiger partial charge in [0.25, 0.3) is 0 Å². The third-order valence-corrected chi connectivity index (χ3v) is 5.25. The number of ketones is 1. The molecule has 144 valence electrons. The minimum absolute atomic E-state index is 0.0884. The van der Waals surface area contributed by atoms with E-state index in [4.69, 9.17) is 9.47 Å². The summed E-state index contributed by atoms with van der Waals surface area (Å²) in [5.41, 5.74) is 1.35. The van der Waals surface area contributed by atoms with Crippen molar-refractivity contribution in [3.63, 3.8) is 0 Å². The van der Waals surface area contributed by atoms with Crippen molar-refractivity contribution in [1.82, 2.24) is 0 Å². The Balaban J connectivity index is 1.68. The largest absolute Gasteiger partial charge is 0.462 e. The second-order valence-electron chi connectivity index (χ2n) is 7.24. The summed E-state index contributed by atoms with van der Waals surface area (Å²) < 4.78 is 11.1. The van der Waals surface area contributed by atoms with Crippen molar-refractivity contribution in [3.8, 4) is 0 Å². The van der Waals surface area contributed by atoms with E-state index >= 15 is 0 Å². The molecule has 0 N–H and O–H groups in total. The molecule has 3 atom stereocenters. The van der Waals surface area contributed by atoms with Crippen LogP contribution < -0.4 is 0 Å². The number of carbonyl (C=O) groups is 3. The Kier molecular flexibility index (Phi) is 6.43. The van der Waals surface area contributed by atoms with Gasteiger partial charge in [0.2, 0.25) is 0 Å². The molecule has 0 bridgehead atoms. The van der Waals surface area contributed by atoms with Gasteiger partial charge in [-0.25, -0.2) is 4.79 Å². The molecule has 0 spiro atoms. The monoisotopic (exact) mass is 370 g/mol. The van der Waals surface area contributed by atoms with Gasteiger partial charge in [0, 0.05) is 25.2 Å². The fourth-order valence-electron chi connectivity index (χ4n) is 3.82. The molecule has 2 fully saturated rings. The number of unbranched alkanes of at least 4 members (excludes halogenated alkanes) is 2. The lowest BCUT2D eigenvalue weighted by molar-refractivity contribution is -0.141. The van der Waals surface area contributed by atoms with E-state index in [0.717, 1.165) is 24.8 Å². The lowest BCUT2D eigenvalue weighted by Crippen LogP contribution is -2.19. The summed E-state index contributed by atoms with van der Waals surface area (Å²) in [5, 5.41) is 0. The molecular weight excluding hydrogens is 344 g/mol. The molecule has 1 saturated carbocycles. The molecule has 3 rings (SSSR count). The molecule has 1 aliphatic heterocycles. The molecule has 2 unspecified atom stereocenters. The summed E-state index contributed by atoms with van der Waals surface area (Å²) in [6, 6.07) is 8.82. The van der Waals surface area contributed by atoms with E-state index in [1.54, 1.807) is 24.3 Å². The first-order valence-corrected chi connectivity index (χ1v) is 9.75. The summed E-state index contributed by atoms with van der Waals surface area (Å²) in [7, 11) is 0. The van der Waals surface area contributed by atoms with Gasteiger partial charge in [-0.3, -0.25) is 9.59 Å². The number of esters is 2. The van der Waals surface area contributed by atoms with Crippen LogP contribution >= 0.6 is 0 Å². The van der Waals surface area contributed by atoms with E-state index < -0.39 is 12.1 Å². The van der Waals surface area contributed by atoms with Crippen LogP contribution in [-0.2, 0) is 19.1 Å². The zero-order chi connectivity index (χ0) is 19.2. The van der Waals surface area contributed by atoms with Crippen LogP contribution in [0.2, 0.25) is 0 Å². The van der Waals surface area contributed by atoms with Crippen molar-refractivity contribution in [1.29, 1.82) is 0 Å². The highest BCUT2D eigenvalue weighted by Gasteiger charge is 2.48. The van der Waals surface area contributed by atoms with Gasteiger partial charge in [-0.1, -0.05) is 44.0 Å². The molecule has 5 nitrogen and oxygen atoms in total. The molecule has 1 heterocycles. The first-order valence-electron chi connectivity index (χ1n) is 9.75. The summed E-state index contributed by atoms with van der Waals surface area (Å²) in [4.78, 5) is 36.2. The number of Topliss-reactive ketones (excluding diaryl/α,β-unsaturated/α-hetero) is 1. The lowest BCUT2D eigenvalue weighted by atomic mass is 9.96. The molecule has 1 aromatic carbocycles. The first-order chi connectivity index (χ1) is 13.1. The maximum absolute atomic E-state index is 12.4. The Bertz CT molecular complexity index is 721. The summed E-state index contributed by atoms with van der Waals surface area (Å²) in [6.07, 6.45) is 5.83. The second-order valence-corrected chi connectivity index (χ2v) is 7.24. The van der Waals surface area contributed by atoms with Crippen molar-refractivity contribution >= 4 is 17.7 Å². The Morgan fingerprint density at radius 1 is 1.22 bits per heavy atom. The van der Waals surface area contributed by atoms with Gasteiger partial charge in [0.05, 0.1) is 12.0 Å². The number of rotatable bonds is 8. The van der Waals surface area contributed by atoms with E-state index in [9.17, 15) is 14.4 Å². The zero-order valence-electron chi connectivity index (χ0n) is 15.7. The topological polar surface area (TPSA) is 69.7 Å². The number of fused-ring (bicyclic) bond motifs is 1. The minimum Gasteiger partial charge on any atom is -0.462 e. The number of allylic oxidation sites excluding steroid dienone is 1. The van der Waals surface area contributed by atoms with Gasteiger partial charge in [-0.05, 0) is 24.1 Å². The summed E-state index contributed by atoms with van der Waals surface area (Å²) in [5.74, 6) is -0.530. The van der Waals surface area contributed by atoms with E-state index in [1.165, 1.54) is 0 Å². The maximum atomic E-state index is 12.4. The van der Waals surface area contributed by atoms with Crippen molar-refractivity contribution in [3.05, 3.63) is 47.5 Å². The molecule has 27 heavy (non-hydrogen) atoms. The highest BCUT2D eigenvalue weighted by Crippen LogP contribution is 2.42. The molecule has 2 aliphatic rings. The van der Waals surface area contributed by atoms with Crippen molar-refractivity contribution in [2.45, 2.75) is 64.1 Å². The predicted molar refractivity (Wildman–Crippen MR) is 100 cm³/mol. The maximum Gasteiger partial charge on any atom is 0.338 e. The van der Waals surface area contributed by atoms with Crippen LogP contribution in [0.4, 0.5) is 0 Å². The molecular formula is C22H26O5. The molecule has 1 aliphatic carbocycles. The number of hydrogen-bond acceptors (Lipinski definition) is 5. The first kappa shape index (κ1) is 19.3. The van der Waals surface area contributed by atoms with Gasteiger partial charge in [0.15, 0.2) is 0 Å². The Hall–Kier alpha value is -2.43. The van der Waals surface area contributed by atoms with E-state index in [1.807, 2.05) is 12.1 Å². The van der Waals surface area contributed by atoms with Crippen LogP contribution in [0, 0.1) is 5.92 Å². The van der Waals surface area contributed by atoms with E-state index in [2.05, 4.69) is 6.92 Å². The van der Waals surface area contributed by atoms with Crippen LogP contribution in [-0.4, -0.2) is 29.9 Å². The average Bonchev–Trinajstić information content (AvgIpc) is 3.16. The van der Waals surface area contributed by atoms with E-state index in [0.29, 0.717) is 31.2 Å². The Morgan fingerprint density at radius 2 is 2.00 bits per heavy atom. The van der Waals surface area contributed by atoms with E-state index in [-0.39, 0.29) is 23.8 Å². The van der Waals surface area contributed by atoms with Gasteiger partial charge in [-0.15, -0.1) is 0 Å². The molecule has 1 aromatic rings. The second kappa shape index (κ2) is 8.98. The van der Waals surface area contributed by atoms with Crippen LogP contribution in [0.25, 0.3) is 0 Å². The molecule has 0 amide bonds. The van der Waals surface area contributed by atoms with Gasteiger partial charge in [0.1, 0.15) is 18.0 Å². The van der Waals surface area contributed by atoms with Gasteiger partial charge < -0.3 is 9.47 Å². The average molecular weight is 370 g/mol. The number of carbonyl (C=O) groups excluding carboxylic acids is 3. The highest BCUT2D eigenvalue weighted by molar-refractivity contribution is 5.89. The highest BCUT2D eigenvalue weighted by atomic mass is 16.6. The summed E-state index contributed by atoms with van der Waals surface area (Å²) in [6.45, 7) is 2.11. The van der Waals surface area contributed by atoms with Crippen LogP contribution in [0.1, 0.15) is 62.2 Å². The SMILES string of the molecule is CCCCCC(=O)CC=C1C(OC(=O)c2ccccc2)CC2OC(=O)C[C@H]12. The number of benzene rings is 1. The van der Waals surface area contributed by atoms with Crippen molar-refractivity contribution < 1.29 is 23.9 Å². The van der Waals surface area contributed by atoms with Crippen LogP contribution in [0.5, 0.6) is 0 Å². The predicted octanol–water partition coefficient (Wildman–Crippen LogP) is 4.01. The third kappa shape index (κ3) is 4.85. The summed E-state index contributed by atoms with van der Waals surface area (Å²) >= 11 is 0. The quantitative estimate of drug-likeness (QED) is 0.393. The molecule has 5 heteroatoms. The normalized spacial score (nSPS) is 25.3. The number of ether oxygens (including phenoxy) is 2. The fraction of sp³-hybridized carbons (Fsp3) is 0.500. The fourth-order valence-corrected chi connectivity index (χ4v) is 3.82. The van der Waals surface area contributed by atoms with Gasteiger partial charge >= 0.3 is 11.9 Å². The Morgan fingerprint density at radius 3 is 2.74 bits per heavy atom. The smallest absolute Gasteiger partial charge is 0.338 e. The zero-order valence-corrected chi connectivity index (χ0v) is 15.7. The Labute approximate surface area is 159 Å². The number of hydrogen-bond donors (Lipinski definition) is 0. The van der Waals surface area contributed by atoms with Crippen molar-refractivity contribution in [2.75, 3.05) is 0 Å². The van der Waals surface area contributed by atoms with Crippen LogP contribution in [0.3, 0.4) is 0 Å². The minimum atomic E-state index is -0.441. The standard InChI is InChI=1S/C22H26O5/c1-2-3-5-10-16(23)11-12-17-18-13-21(24)26-20(18)14-19(17)27-22(25)15-8-6-4-7-9-15/h4,6-9,12,18-20H,2-3,5,10-11,13-14H2,1H3/t18-,19?,20?/m1/s1. The van der Waals surface area contributed by atoms with Gasteiger partial charge in [-0.2, -0.15) is 0 Å². The molecule has 0 aromatic heterocycles. The lowest BCUT2D eigenvalue weighted by Gasteiger charge is -2.16. The third-order valence-electron chi connectivity index (χ3n) is 5.25. The van der Waals surface area contributed by atoms with Crippen LogP contribution in [0.15, 0.2) is 42.0 Å². The van der Waals surface area contributed by atoms with Crippen molar-refractivity contribution in [2.24, 2.45) is 5.92 Å². The molecule has 1 saturated heterocycles. The molecule has 0 radical (unpaired) electrons.